The van der Waals surface area contributed by atoms with Gasteiger partial charge in [0.15, 0.2) is 5.82 Å². The normalized spacial score (nSPS) is 17.3. The number of nitriles is 1. The maximum Gasteiger partial charge on any atom is 0.260 e. The molecule has 4 heterocycles. The van der Waals surface area contributed by atoms with Crippen molar-refractivity contribution in [3.8, 4) is 28.6 Å². The Bertz CT molecular complexity index is 1700. The summed E-state index contributed by atoms with van der Waals surface area (Å²) in [6.07, 6.45) is 3.84. The van der Waals surface area contributed by atoms with Gasteiger partial charge in [-0.3, -0.25) is 9.69 Å². The number of anilines is 1. The highest BCUT2D eigenvalue weighted by atomic mass is 16.5. The second-order valence-corrected chi connectivity index (χ2v) is 11.4. The molecule has 0 spiro atoms. The third-order valence-corrected chi connectivity index (χ3v) is 8.37. The highest BCUT2D eigenvalue weighted by Crippen LogP contribution is 2.43. The molecule has 3 aliphatic rings. The molecule has 1 N–H and O–H groups in total. The van der Waals surface area contributed by atoms with Crippen molar-refractivity contribution in [1.82, 2.24) is 25.1 Å². The first-order chi connectivity index (χ1) is 20.0. The number of fused-ring (bicyclic) bond motifs is 1. The molecule has 2 aliphatic heterocycles. The second-order valence-electron chi connectivity index (χ2n) is 11.4. The van der Waals surface area contributed by atoms with E-state index in [0.29, 0.717) is 35.6 Å². The molecule has 4 aromatic rings. The van der Waals surface area contributed by atoms with Crippen LogP contribution in [0.15, 0.2) is 54.9 Å². The molecule has 7 rings (SSSR count). The number of hydrogen-bond acceptors (Lipinski definition) is 7. The number of amides is 1. The zero-order chi connectivity index (χ0) is 28.1. The largest absolute Gasteiger partial charge is 0.381 e. The molecule has 0 unspecified atom stereocenters. The molecule has 0 radical (unpaired) electrons. The molecule has 9 nitrogen and oxygen atoms in total. The second kappa shape index (κ2) is 10.2. The van der Waals surface area contributed by atoms with E-state index in [0.717, 1.165) is 71.7 Å². The maximum atomic E-state index is 13.8. The molecule has 0 bridgehead atoms. The number of nitrogens with one attached hydrogen (secondary N) is 1. The van der Waals surface area contributed by atoms with Crippen LogP contribution in [0.1, 0.15) is 64.5 Å². The van der Waals surface area contributed by atoms with Crippen LogP contribution in [0.3, 0.4) is 0 Å². The molecule has 2 aromatic carbocycles. The summed E-state index contributed by atoms with van der Waals surface area (Å²) < 4.78 is 7.13. The highest BCUT2D eigenvalue weighted by molar-refractivity contribution is 6.10. The smallest absolute Gasteiger partial charge is 0.260 e. The van der Waals surface area contributed by atoms with E-state index in [1.165, 1.54) is 0 Å². The third-order valence-electron chi connectivity index (χ3n) is 8.37. The fraction of sp³-hybridized carbons (Fsp3) is 0.344. The Hall–Kier alpha value is -4.39. The summed E-state index contributed by atoms with van der Waals surface area (Å²) in [6, 6.07) is 18.3. The van der Waals surface area contributed by atoms with Crippen LogP contribution in [-0.4, -0.2) is 45.4 Å². The Labute approximate surface area is 238 Å². The van der Waals surface area contributed by atoms with Crippen LogP contribution in [0.5, 0.6) is 0 Å². The molecule has 1 atom stereocenters. The maximum absolute atomic E-state index is 13.8. The van der Waals surface area contributed by atoms with Gasteiger partial charge in [-0.15, -0.1) is 10.2 Å². The minimum absolute atomic E-state index is 0.0267. The first kappa shape index (κ1) is 25.6. The molecule has 1 saturated carbocycles. The van der Waals surface area contributed by atoms with Crippen molar-refractivity contribution < 1.29 is 9.53 Å². The molecule has 206 valence electrons. The molecular formula is C32H31N7O2. The fourth-order valence-electron chi connectivity index (χ4n) is 5.63. The Morgan fingerprint density at radius 1 is 1.10 bits per heavy atom. The monoisotopic (exact) mass is 545 g/mol. The topological polar surface area (TPSA) is 109 Å². The van der Waals surface area contributed by atoms with E-state index < -0.39 is 0 Å². The zero-order valence-electron chi connectivity index (χ0n) is 23.2. The summed E-state index contributed by atoms with van der Waals surface area (Å²) in [5, 5.41) is 21.5. The van der Waals surface area contributed by atoms with Crippen LogP contribution >= 0.6 is 0 Å². The van der Waals surface area contributed by atoms with Crippen LogP contribution in [0, 0.1) is 17.2 Å². The minimum atomic E-state index is -0.0267. The van der Waals surface area contributed by atoms with Crippen molar-refractivity contribution in [1.29, 1.82) is 5.26 Å². The number of hydrogen-bond donors (Lipinski definition) is 1. The van der Waals surface area contributed by atoms with E-state index >= 15 is 0 Å². The van der Waals surface area contributed by atoms with E-state index in [1.807, 2.05) is 41.9 Å². The predicted molar refractivity (Wildman–Crippen MR) is 154 cm³/mol. The van der Waals surface area contributed by atoms with Crippen molar-refractivity contribution in [2.24, 2.45) is 13.0 Å². The Kier molecular flexibility index (Phi) is 6.37. The van der Waals surface area contributed by atoms with Gasteiger partial charge in [-0.2, -0.15) is 5.26 Å². The number of ether oxygens (including phenoxy) is 1. The highest BCUT2D eigenvalue weighted by Gasteiger charge is 2.33. The van der Waals surface area contributed by atoms with Crippen LogP contribution in [0.25, 0.3) is 22.5 Å². The summed E-state index contributed by atoms with van der Waals surface area (Å²) in [5.74, 6) is 2.25. The summed E-state index contributed by atoms with van der Waals surface area (Å²) in [6.45, 7) is 5.16. The molecule has 1 amide bonds. The number of pyridine rings is 1. The van der Waals surface area contributed by atoms with Gasteiger partial charge in [0.05, 0.1) is 31.4 Å². The van der Waals surface area contributed by atoms with Crippen molar-refractivity contribution in [3.63, 3.8) is 0 Å². The molecule has 1 saturated heterocycles. The van der Waals surface area contributed by atoms with Gasteiger partial charge in [-0.05, 0) is 72.4 Å². The average Bonchev–Trinajstić information content (AvgIpc) is 3.66. The van der Waals surface area contributed by atoms with Gasteiger partial charge in [-0.1, -0.05) is 18.2 Å². The van der Waals surface area contributed by atoms with Gasteiger partial charge in [-0.25, -0.2) is 4.98 Å². The molecular weight excluding hydrogens is 514 g/mol. The first-order valence-corrected chi connectivity index (χ1v) is 14.1. The fourth-order valence-corrected chi connectivity index (χ4v) is 5.63. The van der Waals surface area contributed by atoms with E-state index in [-0.39, 0.29) is 11.9 Å². The van der Waals surface area contributed by atoms with E-state index in [2.05, 4.69) is 46.7 Å². The molecule has 9 heteroatoms. The minimum Gasteiger partial charge on any atom is -0.381 e. The molecule has 41 heavy (non-hydrogen) atoms. The summed E-state index contributed by atoms with van der Waals surface area (Å²) in [4.78, 5) is 20.6. The summed E-state index contributed by atoms with van der Waals surface area (Å²) in [5.41, 5.74) is 7.08. The van der Waals surface area contributed by atoms with Gasteiger partial charge in [0.2, 0.25) is 0 Å². The van der Waals surface area contributed by atoms with Crippen molar-refractivity contribution >= 4 is 11.7 Å². The van der Waals surface area contributed by atoms with Crippen LogP contribution < -0.4 is 10.2 Å². The van der Waals surface area contributed by atoms with Crippen molar-refractivity contribution in [2.45, 2.75) is 38.3 Å². The lowest BCUT2D eigenvalue weighted by Crippen LogP contribution is -2.37. The lowest BCUT2D eigenvalue weighted by Gasteiger charge is -2.27. The molecule has 1 aliphatic carbocycles. The van der Waals surface area contributed by atoms with Gasteiger partial charge in [0.25, 0.3) is 5.91 Å². The Morgan fingerprint density at radius 3 is 2.66 bits per heavy atom. The van der Waals surface area contributed by atoms with Gasteiger partial charge in [0.1, 0.15) is 12.1 Å². The Balaban J connectivity index is 1.23. The number of nitrogens with zero attached hydrogens (tertiary/aromatic N) is 6. The quantitative estimate of drug-likeness (QED) is 0.340. The summed E-state index contributed by atoms with van der Waals surface area (Å²) >= 11 is 0. The third kappa shape index (κ3) is 4.79. The number of carbonyl (C=O) groups is 1. The predicted octanol–water partition coefficient (Wildman–Crippen LogP) is 4.75. The number of aromatic nitrogens is 4. The van der Waals surface area contributed by atoms with E-state index in [4.69, 9.17) is 9.72 Å². The Morgan fingerprint density at radius 2 is 1.95 bits per heavy atom. The first-order valence-electron chi connectivity index (χ1n) is 14.1. The number of rotatable bonds is 8. The average molecular weight is 546 g/mol. The van der Waals surface area contributed by atoms with Gasteiger partial charge >= 0.3 is 0 Å². The van der Waals surface area contributed by atoms with Crippen molar-refractivity contribution in [2.75, 3.05) is 24.7 Å². The van der Waals surface area contributed by atoms with Crippen LogP contribution in [0.2, 0.25) is 0 Å². The van der Waals surface area contributed by atoms with Gasteiger partial charge < -0.3 is 14.6 Å². The van der Waals surface area contributed by atoms with E-state index in [1.54, 1.807) is 11.2 Å². The molecule has 2 fully saturated rings. The lowest BCUT2D eigenvalue weighted by molar-refractivity contribution is -0.0315. The van der Waals surface area contributed by atoms with Gasteiger partial charge in [0, 0.05) is 48.3 Å². The standard InChI is InChI=1S/C32H31N7O2/c1-19(34-14-21-16-41-17-21)23-6-7-24-15-39(32(40)27(24)10-23)30-12-25(11-29(36-30)22-4-5-22)26-8-3-20(13-33)9-28(26)31-37-35-18-38(31)2/h3,6-12,18-19,21-22,34H,4-5,14-17H2,1-2H3/t19-/m0/s1. The number of aryl methyl sites for hydroxylation is 1. The zero-order valence-corrected chi connectivity index (χ0v) is 23.2. The number of carbonyl (C=O) groups excluding carboxylic acids is 1. The van der Waals surface area contributed by atoms with E-state index in [9.17, 15) is 10.1 Å². The molecule has 2 aromatic heterocycles. The SMILES string of the molecule is C[C@H](NCC1COC1)c1ccc2c(c1)C(=O)N(c1cc(-c3ccc(C#N)cc3-c3nncn3C)cc(C3CC3)n1)C2. The van der Waals surface area contributed by atoms with Crippen LogP contribution in [0.4, 0.5) is 5.82 Å². The lowest BCUT2D eigenvalue weighted by atomic mass is 9.96. The van der Waals surface area contributed by atoms with Crippen molar-refractivity contribution in [3.05, 3.63) is 82.8 Å². The van der Waals surface area contributed by atoms with Crippen LogP contribution in [-0.2, 0) is 18.3 Å². The number of benzene rings is 2. The summed E-state index contributed by atoms with van der Waals surface area (Å²) in [7, 11) is 1.89.